The third kappa shape index (κ3) is 3.23. The fourth-order valence-corrected chi connectivity index (χ4v) is 1.55. The average molecular weight is 218 g/mol. The summed E-state index contributed by atoms with van der Waals surface area (Å²) in [5.41, 5.74) is 0. The largest absolute Gasteiger partial charge is 0.305 e. The first kappa shape index (κ1) is 11.4. The monoisotopic (exact) mass is 217 g/mol. The molecule has 1 heterocycles. The van der Waals surface area contributed by atoms with Crippen LogP contribution in [0.2, 0.25) is 0 Å². The van der Waals surface area contributed by atoms with Crippen molar-refractivity contribution in [2.24, 2.45) is 13.0 Å². The molecule has 1 unspecified atom stereocenters. The number of alkyl halides is 1. The van der Waals surface area contributed by atoms with Crippen LogP contribution in [0.5, 0.6) is 0 Å². The van der Waals surface area contributed by atoms with E-state index in [1.165, 1.54) is 4.80 Å². The van der Waals surface area contributed by atoms with Crippen molar-refractivity contribution < 1.29 is 0 Å². The lowest BCUT2D eigenvalue weighted by atomic mass is 10.1. The van der Waals surface area contributed by atoms with Crippen molar-refractivity contribution >= 4 is 11.6 Å². The minimum atomic E-state index is 0.292. The molecule has 0 amide bonds. The van der Waals surface area contributed by atoms with Gasteiger partial charge in [-0.15, -0.1) is 21.8 Å². The van der Waals surface area contributed by atoms with Gasteiger partial charge in [0.25, 0.3) is 0 Å². The van der Waals surface area contributed by atoms with Crippen LogP contribution in [0.4, 0.5) is 0 Å². The lowest BCUT2D eigenvalue weighted by molar-refractivity contribution is 0.424. The molecule has 14 heavy (non-hydrogen) atoms. The Morgan fingerprint density at radius 3 is 2.64 bits per heavy atom. The highest BCUT2D eigenvalue weighted by atomic mass is 35.5. The molecule has 0 spiro atoms. The van der Waals surface area contributed by atoms with Gasteiger partial charge in [0.05, 0.1) is 13.6 Å². The maximum atomic E-state index is 5.81. The molecule has 1 atom stereocenters. The van der Waals surface area contributed by atoms with Crippen LogP contribution in [0.25, 0.3) is 0 Å². The Morgan fingerprint density at radius 1 is 1.50 bits per heavy atom. The third-order valence-electron chi connectivity index (χ3n) is 2.04. The predicted octanol–water partition coefficient (Wildman–Crippen LogP) is 0.563. The summed E-state index contributed by atoms with van der Waals surface area (Å²) < 4.78 is 0. The number of halogens is 1. The highest BCUT2D eigenvalue weighted by Crippen LogP contribution is 2.03. The van der Waals surface area contributed by atoms with E-state index in [0.717, 1.165) is 0 Å². The first-order valence-electron chi connectivity index (χ1n) is 4.65. The van der Waals surface area contributed by atoms with Gasteiger partial charge in [0.15, 0.2) is 5.82 Å². The standard InChI is InChI=1S/C8H16ClN5/c1-6(2)7(4-9)10-5-8-11-13-14(3)12-8/h6-7,10H,4-5H2,1-3H3. The zero-order valence-corrected chi connectivity index (χ0v) is 9.49. The Bertz CT molecular complexity index is 272. The molecule has 5 nitrogen and oxygen atoms in total. The fraction of sp³-hybridized carbons (Fsp3) is 0.875. The van der Waals surface area contributed by atoms with Gasteiger partial charge in [0, 0.05) is 11.9 Å². The van der Waals surface area contributed by atoms with E-state index in [1.807, 2.05) is 0 Å². The van der Waals surface area contributed by atoms with Crippen LogP contribution in [0.3, 0.4) is 0 Å². The number of nitrogens with one attached hydrogen (secondary N) is 1. The Balaban J connectivity index is 2.39. The first-order chi connectivity index (χ1) is 6.63. The summed E-state index contributed by atoms with van der Waals surface area (Å²) in [6.07, 6.45) is 0. The summed E-state index contributed by atoms with van der Waals surface area (Å²) in [7, 11) is 1.75. The molecule has 0 fully saturated rings. The molecule has 0 bridgehead atoms. The van der Waals surface area contributed by atoms with Crippen molar-refractivity contribution in [3.63, 3.8) is 0 Å². The molecule has 1 aromatic rings. The van der Waals surface area contributed by atoms with Gasteiger partial charge < -0.3 is 5.32 Å². The van der Waals surface area contributed by atoms with Crippen LogP contribution in [0, 0.1) is 5.92 Å². The van der Waals surface area contributed by atoms with E-state index in [1.54, 1.807) is 7.05 Å². The maximum Gasteiger partial charge on any atom is 0.188 e. The lowest BCUT2D eigenvalue weighted by Crippen LogP contribution is -2.35. The van der Waals surface area contributed by atoms with E-state index in [-0.39, 0.29) is 0 Å². The SMILES string of the molecule is CC(C)C(CCl)NCc1nnn(C)n1. The van der Waals surface area contributed by atoms with Crippen molar-refractivity contribution in [3.05, 3.63) is 5.82 Å². The Kier molecular flexibility index (Phi) is 4.28. The smallest absolute Gasteiger partial charge is 0.188 e. The molecule has 0 aliphatic rings. The predicted molar refractivity (Wildman–Crippen MR) is 55.0 cm³/mol. The summed E-state index contributed by atoms with van der Waals surface area (Å²) >= 11 is 5.81. The van der Waals surface area contributed by atoms with Crippen LogP contribution in [-0.2, 0) is 13.6 Å². The summed E-state index contributed by atoms with van der Waals surface area (Å²) in [6, 6.07) is 0.292. The number of aromatic nitrogens is 4. The van der Waals surface area contributed by atoms with Gasteiger partial charge in [-0.1, -0.05) is 13.8 Å². The Hall–Kier alpha value is -0.680. The first-order valence-corrected chi connectivity index (χ1v) is 5.19. The number of tetrazole rings is 1. The van der Waals surface area contributed by atoms with Crippen molar-refractivity contribution in [3.8, 4) is 0 Å². The maximum absolute atomic E-state index is 5.81. The fourth-order valence-electron chi connectivity index (χ4n) is 1.08. The lowest BCUT2D eigenvalue weighted by Gasteiger charge is -2.18. The molecule has 0 radical (unpaired) electrons. The Labute approximate surface area is 88.8 Å². The van der Waals surface area contributed by atoms with E-state index in [0.29, 0.717) is 30.2 Å². The number of hydrogen-bond donors (Lipinski definition) is 1. The van der Waals surface area contributed by atoms with Gasteiger partial charge in [0.2, 0.25) is 0 Å². The number of hydrogen-bond acceptors (Lipinski definition) is 4. The van der Waals surface area contributed by atoms with Crippen molar-refractivity contribution in [2.75, 3.05) is 5.88 Å². The third-order valence-corrected chi connectivity index (χ3v) is 2.38. The van der Waals surface area contributed by atoms with E-state index < -0.39 is 0 Å². The molecule has 1 N–H and O–H groups in total. The number of aryl methyl sites for hydroxylation is 1. The van der Waals surface area contributed by atoms with Crippen LogP contribution in [0.15, 0.2) is 0 Å². The summed E-state index contributed by atoms with van der Waals surface area (Å²) in [5, 5.41) is 15.0. The van der Waals surface area contributed by atoms with Crippen LogP contribution in [0.1, 0.15) is 19.7 Å². The molecule has 0 saturated carbocycles. The molecule has 0 aromatic carbocycles. The van der Waals surface area contributed by atoms with Gasteiger partial charge >= 0.3 is 0 Å². The molecule has 6 heteroatoms. The number of rotatable bonds is 5. The molecular formula is C8H16ClN5. The van der Waals surface area contributed by atoms with Crippen LogP contribution >= 0.6 is 11.6 Å². The topological polar surface area (TPSA) is 55.6 Å². The second kappa shape index (κ2) is 5.26. The van der Waals surface area contributed by atoms with Crippen molar-refractivity contribution in [2.45, 2.75) is 26.4 Å². The van der Waals surface area contributed by atoms with Gasteiger partial charge in [-0.05, 0) is 11.1 Å². The van der Waals surface area contributed by atoms with E-state index in [9.17, 15) is 0 Å². The zero-order valence-electron chi connectivity index (χ0n) is 8.74. The summed E-state index contributed by atoms with van der Waals surface area (Å²) in [6.45, 7) is 4.87. The highest BCUT2D eigenvalue weighted by molar-refractivity contribution is 6.18. The zero-order chi connectivity index (χ0) is 10.6. The van der Waals surface area contributed by atoms with E-state index >= 15 is 0 Å². The molecule has 80 valence electrons. The van der Waals surface area contributed by atoms with Crippen LogP contribution < -0.4 is 5.32 Å². The summed E-state index contributed by atoms with van der Waals surface area (Å²) in [4.78, 5) is 1.45. The van der Waals surface area contributed by atoms with Crippen molar-refractivity contribution in [1.82, 2.24) is 25.5 Å². The molecule has 0 aliphatic carbocycles. The minimum Gasteiger partial charge on any atom is -0.305 e. The van der Waals surface area contributed by atoms with E-state index in [2.05, 4.69) is 34.6 Å². The van der Waals surface area contributed by atoms with Crippen molar-refractivity contribution in [1.29, 1.82) is 0 Å². The molecule has 1 aromatic heterocycles. The second-order valence-corrected chi connectivity index (χ2v) is 3.89. The minimum absolute atomic E-state index is 0.292. The molecule has 0 saturated heterocycles. The quantitative estimate of drug-likeness (QED) is 0.733. The average Bonchev–Trinajstić information content (AvgIpc) is 2.52. The normalized spacial score (nSPS) is 13.5. The van der Waals surface area contributed by atoms with Gasteiger partial charge in [0.1, 0.15) is 0 Å². The number of nitrogens with zero attached hydrogens (tertiary/aromatic N) is 4. The molecular weight excluding hydrogens is 202 g/mol. The van der Waals surface area contributed by atoms with Gasteiger partial charge in [-0.25, -0.2) is 0 Å². The molecule has 0 aliphatic heterocycles. The summed E-state index contributed by atoms with van der Waals surface area (Å²) in [5.74, 6) is 1.80. The van der Waals surface area contributed by atoms with Gasteiger partial charge in [-0.2, -0.15) is 4.80 Å². The van der Waals surface area contributed by atoms with E-state index in [4.69, 9.17) is 11.6 Å². The van der Waals surface area contributed by atoms with Crippen LogP contribution in [-0.4, -0.2) is 32.1 Å². The highest BCUT2D eigenvalue weighted by Gasteiger charge is 2.12. The second-order valence-electron chi connectivity index (χ2n) is 3.58. The Morgan fingerprint density at radius 2 is 2.21 bits per heavy atom. The molecule has 1 rings (SSSR count). The van der Waals surface area contributed by atoms with Gasteiger partial charge in [-0.3, -0.25) is 0 Å².